The Morgan fingerprint density at radius 3 is 2.17 bits per heavy atom. The molecule has 2 aromatic carbocycles. The van der Waals surface area contributed by atoms with E-state index in [0.717, 1.165) is 11.1 Å². The second-order valence-electron chi connectivity index (χ2n) is 6.73. The number of hydrogen-bond donors (Lipinski definition) is 1. The lowest BCUT2D eigenvalue weighted by Crippen LogP contribution is -2.19. The fourth-order valence-electron chi connectivity index (χ4n) is 3.37. The van der Waals surface area contributed by atoms with Crippen molar-refractivity contribution in [1.29, 1.82) is 0 Å². The maximum atomic E-state index is 12.9. The largest absolute Gasteiger partial charge is 0.493 e. The molecule has 6 heteroatoms. The molecule has 0 saturated heterocycles. The second kappa shape index (κ2) is 9.19. The number of aryl methyl sites for hydroxylation is 1. The highest BCUT2D eigenvalue weighted by Crippen LogP contribution is 2.40. The molecule has 1 atom stereocenters. The highest BCUT2D eigenvalue weighted by atomic mass is 16.5. The van der Waals surface area contributed by atoms with E-state index in [0.29, 0.717) is 22.9 Å². The van der Waals surface area contributed by atoms with Crippen LogP contribution in [-0.4, -0.2) is 31.8 Å². The minimum atomic E-state index is -0.112. The Kier molecular flexibility index (Phi) is 6.44. The molecule has 1 unspecified atom stereocenters. The summed E-state index contributed by atoms with van der Waals surface area (Å²) in [4.78, 5) is 12.9. The van der Waals surface area contributed by atoms with Crippen molar-refractivity contribution in [2.24, 2.45) is 0 Å². The van der Waals surface area contributed by atoms with Crippen molar-refractivity contribution in [3.05, 3.63) is 72.1 Å². The normalized spacial score (nSPS) is 11.6. The monoisotopic (exact) mass is 394 g/mol. The molecule has 0 aliphatic carbocycles. The van der Waals surface area contributed by atoms with Gasteiger partial charge < -0.3 is 24.1 Å². The van der Waals surface area contributed by atoms with Gasteiger partial charge in [-0.05, 0) is 24.6 Å². The third-order valence-corrected chi connectivity index (χ3v) is 4.74. The zero-order valence-corrected chi connectivity index (χ0v) is 17.1. The van der Waals surface area contributed by atoms with Gasteiger partial charge in [0.05, 0.1) is 33.8 Å². The van der Waals surface area contributed by atoms with Crippen molar-refractivity contribution in [1.82, 2.24) is 4.57 Å². The number of methoxy groups -OCH3 is 3. The summed E-state index contributed by atoms with van der Waals surface area (Å²) >= 11 is 0. The van der Waals surface area contributed by atoms with E-state index in [-0.39, 0.29) is 18.4 Å². The first-order chi connectivity index (χ1) is 14.0. The Morgan fingerprint density at radius 1 is 0.966 bits per heavy atom. The van der Waals surface area contributed by atoms with Crippen LogP contribution in [0.1, 0.15) is 23.6 Å². The van der Waals surface area contributed by atoms with E-state index in [2.05, 4.69) is 11.4 Å². The van der Waals surface area contributed by atoms with Crippen LogP contribution in [0.2, 0.25) is 0 Å². The van der Waals surface area contributed by atoms with Crippen molar-refractivity contribution < 1.29 is 19.0 Å². The summed E-state index contributed by atoms with van der Waals surface area (Å²) in [6, 6.07) is 15.5. The Bertz CT molecular complexity index is 942. The predicted molar refractivity (Wildman–Crippen MR) is 113 cm³/mol. The molecule has 0 aliphatic rings. The van der Waals surface area contributed by atoms with E-state index < -0.39 is 0 Å². The summed E-state index contributed by atoms with van der Waals surface area (Å²) in [5, 5.41) is 2.95. The van der Waals surface area contributed by atoms with Gasteiger partial charge in [-0.1, -0.05) is 29.8 Å². The highest BCUT2D eigenvalue weighted by molar-refractivity contribution is 5.92. The quantitative estimate of drug-likeness (QED) is 0.614. The Balaban J connectivity index is 1.84. The number of anilines is 1. The fraction of sp³-hybridized carbons (Fsp3) is 0.261. The molecule has 29 heavy (non-hydrogen) atoms. The standard InChI is InChI=1S/C23H26N2O4/c1-16-8-7-9-17(12-16)19(25-10-5-6-11-25)15-22(26)24-18-13-20(27-2)23(29-4)21(14-18)28-3/h5-14,19H,15H2,1-4H3,(H,24,26). The molecule has 0 radical (unpaired) electrons. The lowest BCUT2D eigenvalue weighted by atomic mass is 10.0. The van der Waals surface area contributed by atoms with E-state index in [9.17, 15) is 4.79 Å². The molecular formula is C23H26N2O4. The van der Waals surface area contributed by atoms with Gasteiger partial charge in [0, 0.05) is 30.2 Å². The van der Waals surface area contributed by atoms with Crippen molar-refractivity contribution in [2.45, 2.75) is 19.4 Å². The van der Waals surface area contributed by atoms with Crippen LogP contribution in [0.5, 0.6) is 17.2 Å². The van der Waals surface area contributed by atoms with E-state index >= 15 is 0 Å². The average molecular weight is 394 g/mol. The number of rotatable bonds is 8. The minimum Gasteiger partial charge on any atom is -0.493 e. The van der Waals surface area contributed by atoms with E-state index in [4.69, 9.17) is 14.2 Å². The first kappa shape index (κ1) is 20.3. The third-order valence-electron chi connectivity index (χ3n) is 4.74. The van der Waals surface area contributed by atoms with Crippen molar-refractivity contribution in [2.75, 3.05) is 26.6 Å². The number of carbonyl (C=O) groups excluding carboxylic acids is 1. The van der Waals surface area contributed by atoms with Crippen LogP contribution in [0.15, 0.2) is 60.9 Å². The fourth-order valence-corrected chi connectivity index (χ4v) is 3.37. The first-order valence-corrected chi connectivity index (χ1v) is 9.34. The Morgan fingerprint density at radius 2 is 1.62 bits per heavy atom. The number of hydrogen-bond acceptors (Lipinski definition) is 4. The number of benzene rings is 2. The van der Waals surface area contributed by atoms with Crippen molar-refractivity contribution in [3.63, 3.8) is 0 Å². The van der Waals surface area contributed by atoms with Crippen LogP contribution < -0.4 is 19.5 Å². The molecule has 3 rings (SSSR count). The van der Waals surface area contributed by atoms with Gasteiger partial charge in [-0.15, -0.1) is 0 Å². The van der Waals surface area contributed by atoms with Crippen LogP contribution in [0.3, 0.4) is 0 Å². The number of aromatic nitrogens is 1. The zero-order valence-electron chi connectivity index (χ0n) is 17.1. The topological polar surface area (TPSA) is 61.7 Å². The van der Waals surface area contributed by atoms with E-state index in [1.54, 1.807) is 33.5 Å². The van der Waals surface area contributed by atoms with E-state index in [1.165, 1.54) is 0 Å². The van der Waals surface area contributed by atoms with Gasteiger partial charge in [0.1, 0.15) is 0 Å². The number of ether oxygens (including phenoxy) is 3. The predicted octanol–water partition coefficient (Wildman–Crippen LogP) is 4.44. The smallest absolute Gasteiger partial charge is 0.226 e. The molecular weight excluding hydrogens is 368 g/mol. The lowest BCUT2D eigenvalue weighted by Gasteiger charge is -2.20. The molecule has 0 fully saturated rings. The van der Waals surface area contributed by atoms with Gasteiger partial charge in [-0.2, -0.15) is 0 Å². The molecule has 1 N–H and O–H groups in total. The number of carbonyl (C=O) groups is 1. The number of nitrogens with one attached hydrogen (secondary N) is 1. The van der Waals surface area contributed by atoms with Crippen LogP contribution in [0.25, 0.3) is 0 Å². The van der Waals surface area contributed by atoms with Gasteiger partial charge in [0.15, 0.2) is 11.5 Å². The minimum absolute atomic E-state index is 0.105. The average Bonchev–Trinajstić information content (AvgIpc) is 3.25. The maximum absolute atomic E-state index is 12.9. The summed E-state index contributed by atoms with van der Waals surface area (Å²) < 4.78 is 18.1. The lowest BCUT2D eigenvalue weighted by molar-refractivity contribution is -0.116. The Hall–Kier alpha value is -3.41. The van der Waals surface area contributed by atoms with Crippen LogP contribution in [0, 0.1) is 6.92 Å². The molecule has 1 aromatic heterocycles. The molecule has 0 aliphatic heterocycles. The summed E-state index contributed by atoms with van der Waals surface area (Å²) in [5.41, 5.74) is 2.82. The van der Waals surface area contributed by atoms with Gasteiger partial charge in [0.2, 0.25) is 11.7 Å². The molecule has 0 spiro atoms. The van der Waals surface area contributed by atoms with Crippen LogP contribution >= 0.6 is 0 Å². The molecule has 1 heterocycles. The zero-order chi connectivity index (χ0) is 20.8. The second-order valence-corrected chi connectivity index (χ2v) is 6.73. The van der Waals surface area contributed by atoms with E-state index in [1.807, 2.05) is 54.2 Å². The first-order valence-electron chi connectivity index (χ1n) is 9.34. The third kappa shape index (κ3) is 4.71. The summed E-state index contributed by atoms with van der Waals surface area (Å²) in [6.07, 6.45) is 4.23. The molecule has 1 amide bonds. The molecule has 0 saturated carbocycles. The summed E-state index contributed by atoms with van der Waals surface area (Å²) in [5.74, 6) is 1.35. The Labute approximate surface area is 171 Å². The SMILES string of the molecule is COc1cc(NC(=O)CC(c2cccc(C)c2)n2cccc2)cc(OC)c1OC. The maximum Gasteiger partial charge on any atom is 0.226 e. The summed E-state index contributed by atoms with van der Waals surface area (Å²) in [7, 11) is 4.63. The molecule has 3 aromatic rings. The van der Waals surface area contributed by atoms with Gasteiger partial charge in [-0.3, -0.25) is 4.79 Å². The number of nitrogens with zero attached hydrogens (tertiary/aromatic N) is 1. The van der Waals surface area contributed by atoms with Crippen LogP contribution in [-0.2, 0) is 4.79 Å². The highest BCUT2D eigenvalue weighted by Gasteiger charge is 2.19. The van der Waals surface area contributed by atoms with Gasteiger partial charge >= 0.3 is 0 Å². The van der Waals surface area contributed by atoms with Gasteiger partial charge in [-0.25, -0.2) is 0 Å². The summed E-state index contributed by atoms with van der Waals surface area (Å²) in [6.45, 7) is 2.05. The van der Waals surface area contributed by atoms with Gasteiger partial charge in [0.25, 0.3) is 0 Å². The number of amides is 1. The molecule has 6 nitrogen and oxygen atoms in total. The van der Waals surface area contributed by atoms with Crippen molar-refractivity contribution >= 4 is 11.6 Å². The molecule has 0 bridgehead atoms. The molecule has 152 valence electrons. The van der Waals surface area contributed by atoms with Crippen molar-refractivity contribution in [3.8, 4) is 17.2 Å². The van der Waals surface area contributed by atoms with Crippen LogP contribution in [0.4, 0.5) is 5.69 Å².